The molecule has 0 saturated carbocycles. The molecule has 1 aliphatic heterocycles. The lowest BCUT2D eigenvalue weighted by atomic mass is 10.0. The first-order valence-electron chi connectivity index (χ1n) is 5.06. The van der Waals surface area contributed by atoms with Gasteiger partial charge in [-0.05, 0) is 13.8 Å². The van der Waals surface area contributed by atoms with Crippen LogP contribution in [0.3, 0.4) is 0 Å². The zero-order valence-electron chi connectivity index (χ0n) is 8.96. The minimum absolute atomic E-state index is 0.0379. The molecular formula is C10H15N3O2. The van der Waals surface area contributed by atoms with Crippen LogP contribution in [0, 0.1) is 19.8 Å². The van der Waals surface area contributed by atoms with Gasteiger partial charge in [-0.15, -0.1) is 0 Å². The molecule has 1 aromatic rings. The molecule has 1 amide bonds. The van der Waals surface area contributed by atoms with Crippen molar-refractivity contribution in [2.45, 2.75) is 20.3 Å². The Morgan fingerprint density at radius 2 is 2.33 bits per heavy atom. The van der Waals surface area contributed by atoms with E-state index < -0.39 is 0 Å². The van der Waals surface area contributed by atoms with Crippen molar-refractivity contribution in [2.75, 3.05) is 18.5 Å². The standard InChI is InChI=1S/C10H15N3O2/c1-6-10(7(2)13-12-6)11-9(14)3-8-4-15-5-8/h8H,3-5H2,1-2H3,(H,11,14)(H,12,13). The highest BCUT2D eigenvalue weighted by atomic mass is 16.5. The highest BCUT2D eigenvalue weighted by Crippen LogP contribution is 2.19. The zero-order valence-corrected chi connectivity index (χ0v) is 8.96. The minimum atomic E-state index is 0.0379. The van der Waals surface area contributed by atoms with E-state index in [4.69, 9.17) is 4.74 Å². The lowest BCUT2D eigenvalue weighted by Gasteiger charge is -2.25. The number of ether oxygens (including phenoxy) is 1. The normalized spacial score (nSPS) is 16.1. The number of aromatic nitrogens is 2. The monoisotopic (exact) mass is 209 g/mol. The molecule has 0 bridgehead atoms. The molecule has 1 aliphatic rings. The molecule has 1 aromatic heterocycles. The molecule has 82 valence electrons. The lowest BCUT2D eigenvalue weighted by molar-refractivity contribution is -0.121. The van der Waals surface area contributed by atoms with Crippen LogP contribution >= 0.6 is 0 Å². The van der Waals surface area contributed by atoms with Gasteiger partial charge < -0.3 is 10.1 Å². The van der Waals surface area contributed by atoms with Crippen LogP contribution in [0.1, 0.15) is 17.8 Å². The van der Waals surface area contributed by atoms with Gasteiger partial charge in [0.25, 0.3) is 0 Å². The molecule has 15 heavy (non-hydrogen) atoms. The van der Waals surface area contributed by atoms with Gasteiger partial charge in [0, 0.05) is 12.3 Å². The molecule has 0 spiro atoms. The first kappa shape index (κ1) is 10.2. The maximum atomic E-state index is 11.6. The summed E-state index contributed by atoms with van der Waals surface area (Å²) in [6, 6.07) is 0. The van der Waals surface area contributed by atoms with E-state index in [0.717, 1.165) is 17.1 Å². The van der Waals surface area contributed by atoms with Crippen LogP contribution in [-0.2, 0) is 9.53 Å². The molecule has 0 aromatic carbocycles. The third-order valence-corrected chi connectivity index (χ3v) is 2.57. The van der Waals surface area contributed by atoms with Crippen molar-refractivity contribution in [1.82, 2.24) is 10.2 Å². The number of hydrogen-bond acceptors (Lipinski definition) is 3. The Kier molecular flexibility index (Phi) is 2.73. The Bertz CT molecular complexity index is 349. The number of carbonyl (C=O) groups is 1. The van der Waals surface area contributed by atoms with Gasteiger partial charge in [0.05, 0.1) is 30.3 Å². The average Bonchev–Trinajstić information content (AvgIpc) is 2.43. The Labute approximate surface area is 88.2 Å². The second kappa shape index (κ2) is 4.02. The molecule has 2 heterocycles. The van der Waals surface area contributed by atoms with Crippen molar-refractivity contribution in [3.63, 3.8) is 0 Å². The van der Waals surface area contributed by atoms with Gasteiger partial charge in [0.1, 0.15) is 0 Å². The summed E-state index contributed by atoms with van der Waals surface area (Å²) in [5.41, 5.74) is 2.52. The van der Waals surface area contributed by atoms with Crippen molar-refractivity contribution in [2.24, 2.45) is 5.92 Å². The SMILES string of the molecule is Cc1n[nH]c(C)c1NC(=O)CC1COC1. The summed E-state index contributed by atoms with van der Waals surface area (Å²) in [6.07, 6.45) is 0.532. The number of carbonyl (C=O) groups excluding carboxylic acids is 1. The van der Waals surface area contributed by atoms with E-state index in [2.05, 4.69) is 15.5 Å². The number of anilines is 1. The third kappa shape index (κ3) is 2.18. The van der Waals surface area contributed by atoms with Gasteiger partial charge in [-0.1, -0.05) is 0 Å². The van der Waals surface area contributed by atoms with Crippen LogP contribution in [0.5, 0.6) is 0 Å². The first-order valence-corrected chi connectivity index (χ1v) is 5.06. The van der Waals surface area contributed by atoms with Crippen molar-refractivity contribution >= 4 is 11.6 Å². The number of aryl methyl sites for hydroxylation is 2. The molecule has 0 radical (unpaired) electrons. The zero-order chi connectivity index (χ0) is 10.8. The molecule has 2 rings (SSSR count). The molecule has 1 saturated heterocycles. The number of hydrogen-bond donors (Lipinski definition) is 2. The summed E-state index contributed by atoms with van der Waals surface area (Å²) in [4.78, 5) is 11.6. The van der Waals surface area contributed by atoms with Crippen LogP contribution in [0.2, 0.25) is 0 Å². The van der Waals surface area contributed by atoms with E-state index in [9.17, 15) is 4.79 Å². The van der Waals surface area contributed by atoms with Crippen LogP contribution < -0.4 is 5.32 Å². The predicted molar refractivity (Wildman–Crippen MR) is 55.6 cm³/mol. The predicted octanol–water partition coefficient (Wildman–Crippen LogP) is 1.00. The first-order chi connectivity index (χ1) is 7.16. The number of rotatable bonds is 3. The molecule has 5 nitrogen and oxygen atoms in total. The van der Waals surface area contributed by atoms with Gasteiger partial charge in [-0.2, -0.15) is 5.10 Å². The van der Waals surface area contributed by atoms with E-state index in [1.54, 1.807) is 0 Å². The van der Waals surface area contributed by atoms with Gasteiger partial charge in [0.2, 0.25) is 5.91 Å². The summed E-state index contributed by atoms with van der Waals surface area (Å²) >= 11 is 0. The van der Waals surface area contributed by atoms with Crippen LogP contribution in [0.4, 0.5) is 5.69 Å². The number of amides is 1. The molecule has 0 atom stereocenters. The smallest absolute Gasteiger partial charge is 0.224 e. The van der Waals surface area contributed by atoms with E-state index in [0.29, 0.717) is 25.6 Å². The molecule has 2 N–H and O–H groups in total. The summed E-state index contributed by atoms with van der Waals surface area (Å²) in [5, 5.41) is 9.72. The lowest BCUT2D eigenvalue weighted by Crippen LogP contribution is -2.31. The summed E-state index contributed by atoms with van der Waals surface area (Å²) in [6.45, 7) is 5.17. The van der Waals surface area contributed by atoms with Crippen molar-refractivity contribution in [3.8, 4) is 0 Å². The van der Waals surface area contributed by atoms with E-state index in [1.807, 2.05) is 13.8 Å². The van der Waals surface area contributed by atoms with Gasteiger partial charge >= 0.3 is 0 Å². The van der Waals surface area contributed by atoms with E-state index >= 15 is 0 Å². The maximum Gasteiger partial charge on any atom is 0.224 e. The third-order valence-electron chi connectivity index (χ3n) is 2.57. The maximum absolute atomic E-state index is 11.6. The Balaban J connectivity index is 1.93. The van der Waals surface area contributed by atoms with Gasteiger partial charge in [0.15, 0.2) is 0 Å². The fourth-order valence-electron chi connectivity index (χ4n) is 1.59. The molecule has 5 heteroatoms. The fraction of sp³-hybridized carbons (Fsp3) is 0.600. The topological polar surface area (TPSA) is 67.0 Å². The number of nitrogens with zero attached hydrogens (tertiary/aromatic N) is 1. The van der Waals surface area contributed by atoms with Gasteiger partial charge in [-0.25, -0.2) is 0 Å². The second-order valence-electron chi connectivity index (χ2n) is 3.96. The Morgan fingerprint density at radius 3 is 2.80 bits per heavy atom. The summed E-state index contributed by atoms with van der Waals surface area (Å²) < 4.78 is 5.02. The highest BCUT2D eigenvalue weighted by Gasteiger charge is 2.22. The summed E-state index contributed by atoms with van der Waals surface area (Å²) in [7, 11) is 0. The molecule has 0 unspecified atom stereocenters. The number of H-pyrrole nitrogens is 1. The van der Waals surface area contributed by atoms with Crippen molar-refractivity contribution in [3.05, 3.63) is 11.4 Å². The fourth-order valence-corrected chi connectivity index (χ4v) is 1.59. The molecular weight excluding hydrogens is 194 g/mol. The summed E-state index contributed by atoms with van der Waals surface area (Å²) in [5.74, 6) is 0.424. The highest BCUT2D eigenvalue weighted by molar-refractivity contribution is 5.92. The Morgan fingerprint density at radius 1 is 1.60 bits per heavy atom. The van der Waals surface area contributed by atoms with Crippen molar-refractivity contribution < 1.29 is 9.53 Å². The average molecular weight is 209 g/mol. The van der Waals surface area contributed by atoms with E-state index in [-0.39, 0.29) is 5.91 Å². The van der Waals surface area contributed by atoms with E-state index in [1.165, 1.54) is 0 Å². The van der Waals surface area contributed by atoms with Gasteiger partial charge in [-0.3, -0.25) is 9.89 Å². The van der Waals surface area contributed by atoms with Crippen LogP contribution in [0.15, 0.2) is 0 Å². The second-order valence-corrected chi connectivity index (χ2v) is 3.96. The largest absolute Gasteiger partial charge is 0.381 e. The van der Waals surface area contributed by atoms with Crippen molar-refractivity contribution in [1.29, 1.82) is 0 Å². The molecule has 0 aliphatic carbocycles. The van der Waals surface area contributed by atoms with Crippen LogP contribution in [-0.4, -0.2) is 29.3 Å². The Hall–Kier alpha value is -1.36. The quantitative estimate of drug-likeness (QED) is 0.780. The van der Waals surface area contributed by atoms with Crippen LogP contribution in [0.25, 0.3) is 0 Å². The molecule has 1 fully saturated rings. The number of aromatic amines is 1. The number of nitrogens with one attached hydrogen (secondary N) is 2. The minimum Gasteiger partial charge on any atom is -0.381 e.